The first-order chi connectivity index (χ1) is 8.23. The molecule has 1 heterocycles. The molecule has 1 aromatic rings. The van der Waals surface area contributed by atoms with Crippen LogP contribution in [-0.4, -0.2) is 21.5 Å². The Hall–Kier alpha value is -1.96. The van der Waals surface area contributed by atoms with Crippen LogP contribution in [-0.2, 0) is 16.0 Å². The van der Waals surface area contributed by atoms with Crippen LogP contribution in [0.5, 0.6) is 0 Å². The number of carbonyl (C=O) groups excluding carboxylic acids is 1. The lowest BCUT2D eigenvalue weighted by molar-refractivity contribution is -0.154. The minimum atomic E-state index is -0.520. The van der Waals surface area contributed by atoms with E-state index in [0.29, 0.717) is 22.8 Å². The zero-order valence-corrected chi connectivity index (χ0v) is 11.4. The van der Waals surface area contributed by atoms with E-state index in [9.17, 15) is 4.79 Å². The Balaban J connectivity index is 2.88. The second-order valence-electron chi connectivity index (χ2n) is 5.06. The fraction of sp³-hybridized carbons (Fsp3) is 0.538. The Bertz CT molecular complexity index is 487. The number of hydrogen-bond donors (Lipinski definition) is 0. The normalized spacial score (nSPS) is 10.9. The minimum absolute atomic E-state index is 0.0185. The summed E-state index contributed by atoms with van der Waals surface area (Å²) in [5.74, 6) is 0.0178. The first-order valence-corrected chi connectivity index (χ1v) is 5.69. The Morgan fingerprint density at radius 3 is 2.17 bits per heavy atom. The summed E-state index contributed by atoms with van der Waals surface area (Å²) in [6, 6.07) is 2.04. The van der Waals surface area contributed by atoms with E-state index in [1.807, 2.05) is 6.07 Å². The zero-order valence-electron chi connectivity index (χ0n) is 11.4. The number of carbonyl (C=O) groups is 1. The van der Waals surface area contributed by atoms with Crippen LogP contribution in [0.2, 0.25) is 0 Å². The molecule has 5 nitrogen and oxygen atoms in total. The van der Waals surface area contributed by atoms with E-state index in [4.69, 9.17) is 10.00 Å². The molecule has 18 heavy (non-hydrogen) atoms. The summed E-state index contributed by atoms with van der Waals surface area (Å²) in [7, 11) is 0. The van der Waals surface area contributed by atoms with Gasteiger partial charge in [-0.15, -0.1) is 0 Å². The van der Waals surface area contributed by atoms with Crippen molar-refractivity contribution in [1.29, 1.82) is 5.26 Å². The first kappa shape index (κ1) is 14.1. The fourth-order valence-corrected chi connectivity index (χ4v) is 1.53. The Kier molecular flexibility index (Phi) is 4.02. The molecule has 0 saturated carbocycles. The summed E-state index contributed by atoms with van der Waals surface area (Å²) in [5, 5.41) is 8.90. The highest BCUT2D eigenvalue weighted by Gasteiger charge is 2.18. The van der Waals surface area contributed by atoms with Crippen molar-refractivity contribution in [1.82, 2.24) is 9.97 Å². The van der Waals surface area contributed by atoms with Crippen molar-refractivity contribution < 1.29 is 9.53 Å². The second-order valence-corrected chi connectivity index (χ2v) is 5.06. The molecule has 0 saturated heterocycles. The maximum absolute atomic E-state index is 11.6. The van der Waals surface area contributed by atoms with E-state index in [1.165, 1.54) is 0 Å². The van der Waals surface area contributed by atoms with Crippen molar-refractivity contribution in [3.05, 3.63) is 22.8 Å². The predicted molar refractivity (Wildman–Crippen MR) is 65.8 cm³/mol. The van der Waals surface area contributed by atoms with Gasteiger partial charge >= 0.3 is 5.97 Å². The lowest BCUT2D eigenvalue weighted by Gasteiger charge is -2.19. The predicted octanol–water partition coefficient (Wildman–Crippen LogP) is 1.85. The highest BCUT2D eigenvalue weighted by Crippen LogP contribution is 2.11. The third-order valence-electron chi connectivity index (χ3n) is 2.15. The monoisotopic (exact) mass is 247 g/mol. The average molecular weight is 247 g/mol. The van der Waals surface area contributed by atoms with Crippen molar-refractivity contribution >= 4 is 5.97 Å². The van der Waals surface area contributed by atoms with E-state index >= 15 is 0 Å². The van der Waals surface area contributed by atoms with Crippen LogP contribution < -0.4 is 0 Å². The van der Waals surface area contributed by atoms with Crippen LogP contribution in [0.4, 0.5) is 0 Å². The van der Waals surface area contributed by atoms with Crippen LogP contribution in [0, 0.1) is 25.2 Å². The number of nitriles is 1. The molecule has 0 N–H and O–H groups in total. The molecule has 96 valence electrons. The number of esters is 1. The van der Waals surface area contributed by atoms with E-state index < -0.39 is 5.60 Å². The summed E-state index contributed by atoms with van der Waals surface area (Å²) in [6.45, 7) is 8.88. The SMILES string of the molecule is Cc1nc(CC(=O)OC(C)(C)C)nc(C)c1C#N. The van der Waals surface area contributed by atoms with Gasteiger partial charge in [-0.05, 0) is 34.6 Å². The number of aryl methyl sites for hydroxylation is 2. The molecule has 0 aromatic carbocycles. The van der Waals surface area contributed by atoms with Crippen molar-refractivity contribution in [3.63, 3.8) is 0 Å². The van der Waals surface area contributed by atoms with Gasteiger partial charge in [-0.2, -0.15) is 5.26 Å². The Labute approximate surface area is 107 Å². The van der Waals surface area contributed by atoms with E-state index in [0.717, 1.165) is 0 Å². The lowest BCUT2D eigenvalue weighted by Crippen LogP contribution is -2.25. The molecule has 0 aliphatic carbocycles. The summed E-state index contributed by atoms with van der Waals surface area (Å²) in [6.07, 6.45) is 0.0185. The van der Waals surface area contributed by atoms with Gasteiger partial charge in [0.25, 0.3) is 0 Å². The van der Waals surface area contributed by atoms with Gasteiger partial charge in [0.05, 0.1) is 17.0 Å². The first-order valence-electron chi connectivity index (χ1n) is 5.69. The summed E-state index contributed by atoms with van der Waals surface area (Å²) < 4.78 is 5.19. The quantitative estimate of drug-likeness (QED) is 0.745. The topological polar surface area (TPSA) is 75.9 Å². The lowest BCUT2D eigenvalue weighted by atomic mass is 10.2. The summed E-state index contributed by atoms with van der Waals surface area (Å²) in [4.78, 5) is 19.9. The number of rotatable bonds is 2. The number of nitrogens with zero attached hydrogens (tertiary/aromatic N) is 3. The molecular formula is C13H17N3O2. The average Bonchev–Trinajstić information content (AvgIpc) is 2.13. The molecular weight excluding hydrogens is 230 g/mol. The number of ether oxygens (including phenoxy) is 1. The maximum Gasteiger partial charge on any atom is 0.314 e. The third kappa shape index (κ3) is 3.81. The minimum Gasteiger partial charge on any atom is -0.460 e. The molecule has 0 aliphatic rings. The van der Waals surface area contributed by atoms with Crippen LogP contribution in [0.1, 0.15) is 43.5 Å². The van der Waals surface area contributed by atoms with Gasteiger partial charge in [0.1, 0.15) is 23.9 Å². The standard InChI is InChI=1S/C13H17N3O2/c1-8-10(7-14)9(2)16-11(15-8)6-12(17)18-13(3,4)5/h6H2,1-5H3. The Morgan fingerprint density at radius 1 is 1.28 bits per heavy atom. The molecule has 0 atom stereocenters. The third-order valence-corrected chi connectivity index (χ3v) is 2.15. The molecule has 1 rings (SSSR count). The summed E-state index contributed by atoms with van der Waals surface area (Å²) in [5.41, 5.74) is 1.11. The van der Waals surface area contributed by atoms with Crippen LogP contribution >= 0.6 is 0 Å². The molecule has 5 heteroatoms. The van der Waals surface area contributed by atoms with Gasteiger partial charge < -0.3 is 4.74 Å². The van der Waals surface area contributed by atoms with Crippen molar-refractivity contribution in [2.45, 2.75) is 46.6 Å². The maximum atomic E-state index is 11.6. The highest BCUT2D eigenvalue weighted by molar-refractivity contribution is 5.72. The van der Waals surface area contributed by atoms with Crippen LogP contribution in [0.15, 0.2) is 0 Å². The second kappa shape index (κ2) is 5.13. The fourth-order valence-electron chi connectivity index (χ4n) is 1.53. The zero-order chi connectivity index (χ0) is 13.9. The molecule has 0 fully saturated rings. The van der Waals surface area contributed by atoms with Crippen LogP contribution in [0.3, 0.4) is 0 Å². The molecule has 0 bridgehead atoms. The van der Waals surface area contributed by atoms with E-state index in [-0.39, 0.29) is 12.4 Å². The van der Waals surface area contributed by atoms with Crippen molar-refractivity contribution in [2.24, 2.45) is 0 Å². The van der Waals surface area contributed by atoms with Crippen molar-refractivity contribution in [2.75, 3.05) is 0 Å². The van der Waals surface area contributed by atoms with E-state index in [1.54, 1.807) is 34.6 Å². The molecule has 0 unspecified atom stereocenters. The largest absolute Gasteiger partial charge is 0.460 e. The van der Waals surface area contributed by atoms with E-state index in [2.05, 4.69) is 9.97 Å². The number of hydrogen-bond acceptors (Lipinski definition) is 5. The number of aromatic nitrogens is 2. The van der Waals surface area contributed by atoms with Gasteiger partial charge in [0.2, 0.25) is 0 Å². The Morgan fingerprint density at radius 2 is 1.78 bits per heavy atom. The molecule has 1 aromatic heterocycles. The van der Waals surface area contributed by atoms with Gasteiger partial charge in [-0.1, -0.05) is 0 Å². The summed E-state index contributed by atoms with van der Waals surface area (Å²) >= 11 is 0. The smallest absolute Gasteiger partial charge is 0.314 e. The van der Waals surface area contributed by atoms with Gasteiger partial charge in [-0.25, -0.2) is 9.97 Å². The molecule has 0 spiro atoms. The van der Waals surface area contributed by atoms with Crippen LogP contribution in [0.25, 0.3) is 0 Å². The molecule has 0 aliphatic heterocycles. The highest BCUT2D eigenvalue weighted by atomic mass is 16.6. The van der Waals surface area contributed by atoms with Gasteiger partial charge in [-0.3, -0.25) is 4.79 Å². The van der Waals surface area contributed by atoms with Gasteiger partial charge in [0, 0.05) is 0 Å². The van der Waals surface area contributed by atoms with Crippen molar-refractivity contribution in [3.8, 4) is 6.07 Å². The molecule has 0 radical (unpaired) electrons. The molecule has 0 amide bonds. The van der Waals surface area contributed by atoms with Gasteiger partial charge in [0.15, 0.2) is 0 Å².